The molecule has 2 aromatic carbocycles. The highest BCUT2D eigenvalue weighted by Gasteiger charge is 2.16. The van der Waals surface area contributed by atoms with E-state index in [2.05, 4.69) is 40.5 Å². The molecule has 0 radical (unpaired) electrons. The molecule has 2 amide bonds. The first-order valence-corrected chi connectivity index (χ1v) is 10.1. The minimum absolute atomic E-state index is 0.351. The summed E-state index contributed by atoms with van der Waals surface area (Å²) < 4.78 is 13.7. The lowest BCUT2D eigenvalue weighted by Crippen LogP contribution is -2.44. The molecular formula is C23H26FN5O. The molecule has 0 atom stereocenters. The van der Waals surface area contributed by atoms with Crippen molar-refractivity contribution in [3.63, 3.8) is 0 Å². The Kier molecular flexibility index (Phi) is 5.55. The van der Waals surface area contributed by atoms with Crippen LogP contribution in [0.2, 0.25) is 0 Å². The van der Waals surface area contributed by atoms with Gasteiger partial charge in [-0.1, -0.05) is 6.07 Å². The summed E-state index contributed by atoms with van der Waals surface area (Å²) in [5.41, 5.74) is 3.61. The number of fused-ring (bicyclic) bond motifs is 1. The fraction of sp³-hybridized carbons (Fsp3) is 0.304. The largest absolute Gasteiger partial charge is 0.354 e. The summed E-state index contributed by atoms with van der Waals surface area (Å²) >= 11 is 0. The third kappa shape index (κ3) is 4.36. The molecule has 0 unspecified atom stereocenters. The van der Waals surface area contributed by atoms with E-state index in [-0.39, 0.29) is 5.82 Å². The summed E-state index contributed by atoms with van der Waals surface area (Å²) in [5, 5.41) is 6.46. The smallest absolute Gasteiger partial charge is 0.323 e. The van der Waals surface area contributed by atoms with Crippen LogP contribution in [0.25, 0.3) is 10.9 Å². The van der Waals surface area contributed by atoms with Crippen LogP contribution in [0.5, 0.6) is 0 Å². The first kappa shape index (κ1) is 20.1. The molecule has 1 aliphatic rings. The molecule has 1 fully saturated rings. The maximum atomic E-state index is 13.7. The number of piperazine rings is 1. The van der Waals surface area contributed by atoms with E-state index in [1.54, 1.807) is 19.1 Å². The molecule has 7 heteroatoms. The van der Waals surface area contributed by atoms with Gasteiger partial charge in [0, 0.05) is 42.9 Å². The Morgan fingerprint density at radius 3 is 2.30 bits per heavy atom. The number of aryl methyl sites for hydroxylation is 2. The first-order valence-electron chi connectivity index (χ1n) is 10.1. The number of carbonyl (C=O) groups is 1. The summed E-state index contributed by atoms with van der Waals surface area (Å²) in [7, 11) is 2.14. The third-order valence-electron chi connectivity index (χ3n) is 5.52. The predicted molar refractivity (Wildman–Crippen MR) is 120 cm³/mol. The Morgan fingerprint density at radius 2 is 1.60 bits per heavy atom. The zero-order valence-electron chi connectivity index (χ0n) is 17.5. The zero-order valence-corrected chi connectivity index (χ0v) is 17.5. The zero-order chi connectivity index (χ0) is 21.3. The second-order valence-electron chi connectivity index (χ2n) is 7.86. The van der Waals surface area contributed by atoms with Gasteiger partial charge in [-0.25, -0.2) is 14.2 Å². The molecule has 156 valence electrons. The van der Waals surface area contributed by atoms with Crippen LogP contribution in [0, 0.1) is 19.7 Å². The highest BCUT2D eigenvalue weighted by molar-refractivity contribution is 6.01. The van der Waals surface area contributed by atoms with Gasteiger partial charge in [0.1, 0.15) is 11.6 Å². The maximum Gasteiger partial charge on any atom is 0.323 e. The topological polar surface area (TPSA) is 60.5 Å². The van der Waals surface area contributed by atoms with Crippen LogP contribution in [0.3, 0.4) is 0 Å². The number of benzene rings is 2. The molecule has 0 spiro atoms. The standard InChI is InChI=1S/C23H26FN5O/c1-15-4-5-18(14-20(15)24)26-23(30)25-17-6-7-21-19(13-17)16(2)12-22(27-21)29-10-8-28(3)9-11-29/h4-7,12-14H,8-11H2,1-3H3,(H2,25,26,30). The van der Waals surface area contributed by atoms with Gasteiger partial charge in [0.05, 0.1) is 5.52 Å². The Morgan fingerprint density at radius 1 is 0.933 bits per heavy atom. The number of carbonyl (C=O) groups excluding carboxylic acids is 1. The average Bonchev–Trinajstić information content (AvgIpc) is 2.71. The van der Waals surface area contributed by atoms with Gasteiger partial charge in [-0.3, -0.25) is 0 Å². The van der Waals surface area contributed by atoms with Crippen LogP contribution in [0.15, 0.2) is 42.5 Å². The van der Waals surface area contributed by atoms with E-state index >= 15 is 0 Å². The van der Waals surface area contributed by atoms with E-state index in [0.717, 1.165) is 48.5 Å². The van der Waals surface area contributed by atoms with E-state index in [4.69, 9.17) is 4.98 Å². The normalized spacial score (nSPS) is 14.7. The van der Waals surface area contributed by atoms with Crippen molar-refractivity contribution in [1.82, 2.24) is 9.88 Å². The number of urea groups is 1. The summed E-state index contributed by atoms with van der Waals surface area (Å²) in [6.07, 6.45) is 0. The number of hydrogen-bond acceptors (Lipinski definition) is 4. The van der Waals surface area contributed by atoms with Crippen LogP contribution in [-0.4, -0.2) is 49.1 Å². The summed E-state index contributed by atoms with van der Waals surface area (Å²) in [6.45, 7) is 7.73. The van der Waals surface area contributed by atoms with Crippen LogP contribution in [0.4, 0.5) is 26.4 Å². The number of anilines is 3. The molecule has 1 aliphatic heterocycles. The number of pyridine rings is 1. The van der Waals surface area contributed by atoms with E-state index in [0.29, 0.717) is 16.9 Å². The number of nitrogens with zero attached hydrogens (tertiary/aromatic N) is 3. The van der Waals surface area contributed by atoms with Crippen LogP contribution in [-0.2, 0) is 0 Å². The monoisotopic (exact) mass is 407 g/mol. The Hall–Kier alpha value is -3.19. The molecule has 1 saturated heterocycles. The first-order chi connectivity index (χ1) is 14.4. The maximum absolute atomic E-state index is 13.7. The highest BCUT2D eigenvalue weighted by Crippen LogP contribution is 2.26. The molecule has 0 saturated carbocycles. The second kappa shape index (κ2) is 8.28. The van der Waals surface area contributed by atoms with Gasteiger partial charge in [0.2, 0.25) is 0 Å². The molecule has 0 bridgehead atoms. The number of aromatic nitrogens is 1. The van der Waals surface area contributed by atoms with Gasteiger partial charge in [0.15, 0.2) is 0 Å². The Bertz CT molecular complexity index is 1090. The van der Waals surface area contributed by atoms with Crippen LogP contribution < -0.4 is 15.5 Å². The second-order valence-corrected chi connectivity index (χ2v) is 7.86. The highest BCUT2D eigenvalue weighted by atomic mass is 19.1. The van der Waals surface area contributed by atoms with Crippen molar-refractivity contribution in [2.45, 2.75) is 13.8 Å². The van der Waals surface area contributed by atoms with Crippen molar-refractivity contribution in [2.75, 3.05) is 48.8 Å². The minimum atomic E-state index is -0.419. The van der Waals surface area contributed by atoms with Gasteiger partial charge in [-0.2, -0.15) is 0 Å². The molecule has 4 rings (SSSR count). The number of rotatable bonds is 3. The van der Waals surface area contributed by atoms with Crippen molar-refractivity contribution in [1.29, 1.82) is 0 Å². The molecule has 6 nitrogen and oxygen atoms in total. The minimum Gasteiger partial charge on any atom is -0.354 e. The van der Waals surface area contributed by atoms with Gasteiger partial charge in [0.25, 0.3) is 0 Å². The number of likely N-dealkylation sites (N-methyl/N-ethyl adjacent to an activating group) is 1. The van der Waals surface area contributed by atoms with E-state index in [1.165, 1.54) is 6.07 Å². The van der Waals surface area contributed by atoms with Crippen molar-refractivity contribution in [2.24, 2.45) is 0 Å². The molecule has 2 heterocycles. The number of halogens is 1. The van der Waals surface area contributed by atoms with Gasteiger partial charge < -0.3 is 20.4 Å². The number of nitrogens with one attached hydrogen (secondary N) is 2. The third-order valence-corrected chi connectivity index (χ3v) is 5.52. The molecule has 30 heavy (non-hydrogen) atoms. The van der Waals surface area contributed by atoms with E-state index in [1.807, 2.05) is 18.2 Å². The lowest BCUT2D eigenvalue weighted by Gasteiger charge is -2.33. The molecular weight excluding hydrogens is 381 g/mol. The fourth-order valence-electron chi connectivity index (χ4n) is 3.62. The summed E-state index contributed by atoms with van der Waals surface area (Å²) in [5.74, 6) is 0.643. The van der Waals surface area contributed by atoms with Gasteiger partial charge in [-0.05, 0) is 68.4 Å². The molecule has 3 aromatic rings. The lowest BCUT2D eigenvalue weighted by molar-refractivity contribution is 0.262. The molecule has 1 aromatic heterocycles. The van der Waals surface area contributed by atoms with Gasteiger partial charge in [-0.15, -0.1) is 0 Å². The van der Waals surface area contributed by atoms with Crippen molar-refractivity contribution >= 4 is 34.1 Å². The summed E-state index contributed by atoms with van der Waals surface area (Å²) in [6, 6.07) is 12.0. The van der Waals surface area contributed by atoms with E-state index in [9.17, 15) is 9.18 Å². The number of hydrogen-bond donors (Lipinski definition) is 2. The molecule has 0 aliphatic carbocycles. The lowest BCUT2D eigenvalue weighted by atomic mass is 10.1. The Balaban J connectivity index is 1.50. The van der Waals surface area contributed by atoms with Crippen molar-refractivity contribution < 1.29 is 9.18 Å². The average molecular weight is 407 g/mol. The van der Waals surface area contributed by atoms with Crippen LogP contribution >= 0.6 is 0 Å². The summed E-state index contributed by atoms with van der Waals surface area (Å²) in [4.78, 5) is 21.8. The SMILES string of the molecule is Cc1ccc(NC(=O)Nc2ccc3nc(N4CCN(C)CC4)cc(C)c3c2)cc1F. The van der Waals surface area contributed by atoms with Crippen molar-refractivity contribution in [3.8, 4) is 0 Å². The quantitative estimate of drug-likeness (QED) is 0.676. The fourth-order valence-corrected chi connectivity index (χ4v) is 3.62. The van der Waals surface area contributed by atoms with Gasteiger partial charge >= 0.3 is 6.03 Å². The Labute approximate surface area is 175 Å². The van der Waals surface area contributed by atoms with E-state index < -0.39 is 6.03 Å². The molecule has 2 N–H and O–H groups in total. The van der Waals surface area contributed by atoms with Crippen LogP contribution in [0.1, 0.15) is 11.1 Å². The number of amides is 2. The van der Waals surface area contributed by atoms with Crippen molar-refractivity contribution in [3.05, 3.63) is 59.4 Å². The predicted octanol–water partition coefficient (Wildman–Crippen LogP) is 4.39.